The molecule has 2 saturated carbocycles. The summed E-state index contributed by atoms with van der Waals surface area (Å²) < 4.78 is 13.7. The Balaban J connectivity index is 1.30. The number of hydrogen-bond acceptors (Lipinski definition) is 4. The van der Waals surface area contributed by atoms with Crippen LogP contribution in [0.15, 0.2) is 30.5 Å². The van der Waals surface area contributed by atoms with Gasteiger partial charge in [-0.1, -0.05) is 12.1 Å². The van der Waals surface area contributed by atoms with E-state index < -0.39 is 0 Å². The van der Waals surface area contributed by atoms with Gasteiger partial charge in [-0.25, -0.2) is 0 Å². The molecule has 1 aromatic carbocycles. The Morgan fingerprint density at radius 1 is 1.11 bits per heavy atom. The SMILES string of the molecule is COc1cccc(CN2Cc3cn(CC4CC4)nc3C(COCC3CC3)C2)c1. The number of aromatic nitrogens is 2. The molecule has 5 nitrogen and oxygen atoms in total. The van der Waals surface area contributed by atoms with Gasteiger partial charge in [0, 0.05) is 50.5 Å². The highest BCUT2D eigenvalue weighted by Crippen LogP contribution is 2.34. The van der Waals surface area contributed by atoms with Crippen molar-refractivity contribution in [2.24, 2.45) is 11.8 Å². The molecule has 5 heteroatoms. The van der Waals surface area contributed by atoms with E-state index in [4.69, 9.17) is 14.6 Å². The summed E-state index contributed by atoms with van der Waals surface area (Å²) in [5, 5.41) is 4.98. The lowest BCUT2D eigenvalue weighted by atomic mass is 9.97. The van der Waals surface area contributed by atoms with Crippen molar-refractivity contribution in [1.29, 1.82) is 0 Å². The molecule has 2 aliphatic carbocycles. The van der Waals surface area contributed by atoms with Gasteiger partial charge in [0.1, 0.15) is 5.75 Å². The first-order valence-electron chi connectivity index (χ1n) is 10.8. The predicted molar refractivity (Wildman–Crippen MR) is 108 cm³/mol. The highest BCUT2D eigenvalue weighted by atomic mass is 16.5. The van der Waals surface area contributed by atoms with Crippen molar-refractivity contribution in [3.05, 3.63) is 47.3 Å². The highest BCUT2D eigenvalue weighted by molar-refractivity contribution is 5.29. The van der Waals surface area contributed by atoms with E-state index in [1.807, 2.05) is 6.07 Å². The van der Waals surface area contributed by atoms with Crippen LogP contribution in [0.2, 0.25) is 0 Å². The lowest BCUT2D eigenvalue weighted by molar-refractivity contribution is 0.0881. The Bertz CT molecular complexity index is 810. The Labute approximate surface area is 167 Å². The Morgan fingerprint density at radius 2 is 1.96 bits per heavy atom. The number of nitrogens with zero attached hydrogens (tertiary/aromatic N) is 3. The predicted octanol–water partition coefficient (Wildman–Crippen LogP) is 3.83. The van der Waals surface area contributed by atoms with Crippen LogP contribution in [-0.2, 0) is 24.4 Å². The third kappa shape index (κ3) is 4.41. The standard InChI is InChI=1S/C23H31N3O2/c1-27-22-4-2-3-19(9-22)10-25-12-20-14-26(11-17-5-6-17)24-23(20)21(13-25)16-28-15-18-7-8-18/h2-4,9,14,17-18,21H,5-8,10-13,15-16H2,1H3. The molecule has 150 valence electrons. The van der Waals surface area contributed by atoms with Crippen molar-refractivity contribution in [3.63, 3.8) is 0 Å². The van der Waals surface area contributed by atoms with Gasteiger partial charge in [0.05, 0.1) is 19.4 Å². The molecular weight excluding hydrogens is 350 g/mol. The van der Waals surface area contributed by atoms with E-state index in [2.05, 4.69) is 34.0 Å². The van der Waals surface area contributed by atoms with Crippen molar-refractivity contribution in [2.45, 2.75) is 51.2 Å². The van der Waals surface area contributed by atoms with Gasteiger partial charge in [-0.15, -0.1) is 0 Å². The van der Waals surface area contributed by atoms with Crippen LogP contribution in [0.1, 0.15) is 48.4 Å². The van der Waals surface area contributed by atoms with Gasteiger partial charge in [-0.05, 0) is 55.2 Å². The van der Waals surface area contributed by atoms with E-state index in [1.165, 1.54) is 42.5 Å². The number of hydrogen-bond donors (Lipinski definition) is 0. The fraction of sp³-hybridized carbons (Fsp3) is 0.609. The summed E-state index contributed by atoms with van der Waals surface area (Å²) in [6.45, 7) is 5.71. The van der Waals surface area contributed by atoms with Gasteiger partial charge in [-0.2, -0.15) is 5.10 Å². The first kappa shape index (κ1) is 18.2. The van der Waals surface area contributed by atoms with Crippen LogP contribution in [0.4, 0.5) is 0 Å². The smallest absolute Gasteiger partial charge is 0.119 e. The fourth-order valence-corrected chi connectivity index (χ4v) is 4.25. The first-order valence-corrected chi connectivity index (χ1v) is 10.8. The molecule has 0 bridgehead atoms. The third-order valence-electron chi connectivity index (χ3n) is 6.18. The molecule has 1 unspecified atom stereocenters. The van der Waals surface area contributed by atoms with E-state index in [0.29, 0.717) is 5.92 Å². The zero-order valence-corrected chi connectivity index (χ0v) is 16.8. The summed E-state index contributed by atoms with van der Waals surface area (Å²) in [6, 6.07) is 8.42. The van der Waals surface area contributed by atoms with Crippen LogP contribution in [0.5, 0.6) is 5.75 Å². The minimum atomic E-state index is 0.369. The van der Waals surface area contributed by atoms with Crippen molar-refractivity contribution in [3.8, 4) is 5.75 Å². The van der Waals surface area contributed by atoms with Gasteiger partial charge >= 0.3 is 0 Å². The van der Waals surface area contributed by atoms with Crippen LogP contribution in [-0.4, -0.2) is 41.5 Å². The van der Waals surface area contributed by atoms with Gasteiger partial charge in [0.2, 0.25) is 0 Å². The zero-order chi connectivity index (χ0) is 18.9. The van der Waals surface area contributed by atoms with E-state index in [0.717, 1.165) is 57.0 Å². The second-order valence-corrected chi connectivity index (χ2v) is 8.90. The topological polar surface area (TPSA) is 39.5 Å². The van der Waals surface area contributed by atoms with E-state index in [-0.39, 0.29) is 0 Å². The second-order valence-electron chi connectivity index (χ2n) is 8.90. The van der Waals surface area contributed by atoms with Crippen LogP contribution in [0.3, 0.4) is 0 Å². The van der Waals surface area contributed by atoms with Crippen LogP contribution in [0, 0.1) is 11.8 Å². The van der Waals surface area contributed by atoms with Crippen LogP contribution >= 0.6 is 0 Å². The maximum absolute atomic E-state index is 6.10. The van der Waals surface area contributed by atoms with Crippen molar-refractivity contribution < 1.29 is 9.47 Å². The van der Waals surface area contributed by atoms with Crippen molar-refractivity contribution in [2.75, 3.05) is 26.9 Å². The average Bonchev–Trinajstić information content (AvgIpc) is 3.62. The quantitative estimate of drug-likeness (QED) is 0.662. The van der Waals surface area contributed by atoms with Gasteiger partial charge in [-0.3, -0.25) is 9.58 Å². The Morgan fingerprint density at radius 3 is 2.75 bits per heavy atom. The molecule has 1 aliphatic heterocycles. The molecule has 2 heterocycles. The second kappa shape index (κ2) is 7.88. The maximum atomic E-state index is 6.10. The molecule has 1 aromatic heterocycles. The molecule has 0 saturated heterocycles. The molecule has 28 heavy (non-hydrogen) atoms. The van der Waals surface area contributed by atoms with Gasteiger partial charge in [0.25, 0.3) is 0 Å². The summed E-state index contributed by atoms with van der Waals surface area (Å²) in [6.07, 6.45) is 7.70. The molecule has 0 radical (unpaired) electrons. The molecule has 1 atom stereocenters. The summed E-state index contributed by atoms with van der Waals surface area (Å²) in [5.41, 5.74) is 3.96. The lowest BCUT2D eigenvalue weighted by Crippen LogP contribution is -2.35. The first-order chi connectivity index (χ1) is 13.8. The molecular formula is C23H31N3O2. The summed E-state index contributed by atoms with van der Waals surface area (Å²) >= 11 is 0. The highest BCUT2D eigenvalue weighted by Gasteiger charge is 2.31. The molecule has 0 N–H and O–H groups in total. The molecule has 3 aliphatic rings. The molecule has 2 aromatic rings. The van der Waals surface area contributed by atoms with Gasteiger partial charge in [0.15, 0.2) is 0 Å². The number of rotatable bonds is 9. The molecule has 2 fully saturated rings. The normalized spacial score (nSPS) is 22.2. The zero-order valence-electron chi connectivity index (χ0n) is 16.8. The number of fused-ring (bicyclic) bond motifs is 1. The minimum Gasteiger partial charge on any atom is -0.497 e. The summed E-state index contributed by atoms with van der Waals surface area (Å²) in [7, 11) is 1.73. The molecule has 5 rings (SSSR count). The maximum Gasteiger partial charge on any atom is 0.119 e. The number of methoxy groups -OCH3 is 1. The van der Waals surface area contributed by atoms with Crippen molar-refractivity contribution in [1.82, 2.24) is 14.7 Å². The Kier molecular flexibility index (Phi) is 5.12. The largest absolute Gasteiger partial charge is 0.497 e. The summed E-state index contributed by atoms with van der Waals surface area (Å²) in [5.74, 6) is 2.95. The molecule has 0 spiro atoms. The average molecular weight is 382 g/mol. The number of benzene rings is 1. The lowest BCUT2D eigenvalue weighted by Gasteiger charge is -2.32. The fourth-order valence-electron chi connectivity index (χ4n) is 4.25. The van der Waals surface area contributed by atoms with E-state index in [1.54, 1.807) is 7.11 Å². The van der Waals surface area contributed by atoms with Crippen LogP contribution in [0.25, 0.3) is 0 Å². The Hall–Kier alpha value is -1.85. The van der Waals surface area contributed by atoms with E-state index in [9.17, 15) is 0 Å². The third-order valence-corrected chi connectivity index (χ3v) is 6.18. The van der Waals surface area contributed by atoms with Gasteiger partial charge < -0.3 is 9.47 Å². The van der Waals surface area contributed by atoms with Crippen molar-refractivity contribution >= 4 is 0 Å². The molecule has 0 amide bonds. The van der Waals surface area contributed by atoms with Crippen LogP contribution < -0.4 is 4.74 Å². The minimum absolute atomic E-state index is 0.369. The van der Waals surface area contributed by atoms with E-state index >= 15 is 0 Å². The monoisotopic (exact) mass is 381 g/mol. The summed E-state index contributed by atoms with van der Waals surface area (Å²) in [4.78, 5) is 2.53. The number of ether oxygens (including phenoxy) is 2.